The van der Waals surface area contributed by atoms with Crippen molar-refractivity contribution in [1.29, 1.82) is 0 Å². The van der Waals surface area contributed by atoms with Gasteiger partial charge in [0.15, 0.2) is 16.9 Å². The highest BCUT2D eigenvalue weighted by atomic mass is 16.6. The number of rotatable bonds is 6. The summed E-state index contributed by atoms with van der Waals surface area (Å²) in [7, 11) is 1.57. The van der Waals surface area contributed by atoms with Crippen molar-refractivity contribution in [2.75, 3.05) is 24.5 Å². The monoisotopic (exact) mass is 562 g/mol. The molecule has 0 aliphatic carbocycles. The SMILES string of the molecule is CC(C)=CCn1c(N2CCC3CN(C(=O)OC(C)(C)C)CC32)nc2c1c(=O)n(CC(=O)c1ccccc1)c(=O)n2C. The number of amides is 1. The van der Waals surface area contributed by atoms with Crippen LogP contribution in [0.4, 0.5) is 10.7 Å². The van der Waals surface area contributed by atoms with Crippen LogP contribution in [0, 0.1) is 5.92 Å². The summed E-state index contributed by atoms with van der Waals surface area (Å²) >= 11 is 0. The number of anilines is 1. The molecule has 0 spiro atoms. The van der Waals surface area contributed by atoms with E-state index < -0.39 is 16.9 Å². The molecule has 2 aromatic heterocycles. The lowest BCUT2D eigenvalue weighted by Gasteiger charge is -2.28. The molecule has 0 saturated carbocycles. The summed E-state index contributed by atoms with van der Waals surface area (Å²) in [6.45, 7) is 11.3. The Hall–Kier alpha value is -4.15. The van der Waals surface area contributed by atoms with Crippen LogP contribution in [0.15, 0.2) is 51.6 Å². The molecule has 3 aromatic rings. The number of carbonyl (C=O) groups is 2. The van der Waals surface area contributed by atoms with Gasteiger partial charge < -0.3 is 19.1 Å². The van der Waals surface area contributed by atoms with E-state index in [1.165, 1.54) is 4.57 Å². The van der Waals surface area contributed by atoms with Crippen molar-refractivity contribution < 1.29 is 14.3 Å². The van der Waals surface area contributed by atoms with Gasteiger partial charge in [0, 0.05) is 44.7 Å². The number of likely N-dealkylation sites (tertiary alicyclic amines) is 1. The molecule has 4 heterocycles. The van der Waals surface area contributed by atoms with Crippen molar-refractivity contribution in [1.82, 2.24) is 23.6 Å². The minimum absolute atomic E-state index is 0.00342. The lowest BCUT2D eigenvalue weighted by Crippen LogP contribution is -2.41. The molecule has 2 fully saturated rings. The Bertz CT molecular complexity index is 1640. The zero-order valence-corrected chi connectivity index (χ0v) is 24.6. The first-order chi connectivity index (χ1) is 19.4. The molecular weight excluding hydrogens is 524 g/mol. The van der Waals surface area contributed by atoms with E-state index in [-0.39, 0.29) is 41.5 Å². The molecule has 41 heavy (non-hydrogen) atoms. The first-order valence-electron chi connectivity index (χ1n) is 14.0. The summed E-state index contributed by atoms with van der Waals surface area (Å²) < 4.78 is 9.79. The smallest absolute Gasteiger partial charge is 0.410 e. The van der Waals surface area contributed by atoms with Gasteiger partial charge in [0.2, 0.25) is 5.95 Å². The minimum atomic E-state index is -0.596. The number of hydrogen-bond donors (Lipinski definition) is 0. The molecule has 218 valence electrons. The first kappa shape index (κ1) is 28.4. The maximum absolute atomic E-state index is 13.9. The van der Waals surface area contributed by atoms with E-state index >= 15 is 0 Å². The van der Waals surface area contributed by atoms with Gasteiger partial charge in [-0.05, 0) is 41.0 Å². The fraction of sp³-hybridized carbons (Fsp3) is 0.500. The van der Waals surface area contributed by atoms with Gasteiger partial charge in [-0.15, -0.1) is 0 Å². The van der Waals surface area contributed by atoms with Crippen LogP contribution in [0.3, 0.4) is 0 Å². The van der Waals surface area contributed by atoms with Gasteiger partial charge in [-0.3, -0.25) is 18.7 Å². The fourth-order valence-corrected chi connectivity index (χ4v) is 5.71. The highest BCUT2D eigenvalue weighted by Crippen LogP contribution is 2.36. The average molecular weight is 563 g/mol. The Kier molecular flexibility index (Phi) is 7.39. The van der Waals surface area contributed by atoms with Gasteiger partial charge in [0.25, 0.3) is 5.56 Å². The van der Waals surface area contributed by atoms with Gasteiger partial charge in [0.05, 0.1) is 12.6 Å². The summed E-state index contributed by atoms with van der Waals surface area (Å²) in [5.74, 6) is 0.494. The first-order valence-corrected chi connectivity index (χ1v) is 14.0. The van der Waals surface area contributed by atoms with Gasteiger partial charge in [-0.2, -0.15) is 4.98 Å². The van der Waals surface area contributed by atoms with Crippen LogP contribution in [-0.4, -0.2) is 66.7 Å². The van der Waals surface area contributed by atoms with Crippen LogP contribution < -0.4 is 16.1 Å². The number of ether oxygens (including phenoxy) is 1. The van der Waals surface area contributed by atoms with Crippen LogP contribution in [0.25, 0.3) is 11.2 Å². The summed E-state index contributed by atoms with van der Waals surface area (Å²) in [5.41, 5.74) is 0.307. The van der Waals surface area contributed by atoms with Crippen LogP contribution in [0.2, 0.25) is 0 Å². The molecule has 2 unspecified atom stereocenters. The number of hydrogen-bond acceptors (Lipinski definition) is 7. The molecule has 11 nitrogen and oxygen atoms in total. The number of aromatic nitrogens is 4. The number of nitrogens with zero attached hydrogens (tertiary/aromatic N) is 6. The highest BCUT2D eigenvalue weighted by Gasteiger charge is 2.45. The summed E-state index contributed by atoms with van der Waals surface area (Å²) in [6.07, 6.45) is 2.53. The summed E-state index contributed by atoms with van der Waals surface area (Å²) in [6, 6.07) is 8.63. The number of aryl methyl sites for hydroxylation is 1. The lowest BCUT2D eigenvalue weighted by molar-refractivity contribution is 0.0284. The Morgan fingerprint density at radius 1 is 1.07 bits per heavy atom. The van der Waals surface area contributed by atoms with E-state index in [4.69, 9.17) is 9.72 Å². The molecule has 2 saturated heterocycles. The average Bonchev–Trinajstić information content (AvgIpc) is 3.61. The second-order valence-electron chi connectivity index (χ2n) is 12.2. The molecule has 2 atom stereocenters. The molecule has 2 aliphatic heterocycles. The van der Waals surface area contributed by atoms with Crippen LogP contribution in [-0.2, 0) is 24.9 Å². The number of imidazole rings is 1. The van der Waals surface area contributed by atoms with E-state index in [2.05, 4.69) is 4.90 Å². The number of Topliss-reactive ketones (excluding diaryl/α,β-unsaturated/α-hetero) is 1. The van der Waals surface area contributed by atoms with Crippen molar-refractivity contribution in [2.45, 2.75) is 65.8 Å². The molecule has 11 heteroatoms. The minimum Gasteiger partial charge on any atom is -0.444 e. The van der Waals surface area contributed by atoms with E-state index in [9.17, 15) is 19.2 Å². The standard InChI is InChI=1S/C30H38N6O5/c1-19(2)12-14-35-24-25(32(6)28(39)36(26(24)38)18-23(37)20-10-8-7-9-11-20)31-27(35)34-15-13-21-16-33(17-22(21)34)29(40)41-30(3,4)5/h7-12,21-22H,13-18H2,1-6H3. The fourth-order valence-electron chi connectivity index (χ4n) is 5.71. The van der Waals surface area contributed by atoms with Gasteiger partial charge in [0.1, 0.15) is 5.60 Å². The Balaban J connectivity index is 1.57. The third-order valence-corrected chi connectivity index (χ3v) is 7.75. The molecule has 1 amide bonds. The molecule has 0 N–H and O–H groups in total. The Morgan fingerprint density at radius 2 is 1.78 bits per heavy atom. The second kappa shape index (κ2) is 10.7. The van der Waals surface area contributed by atoms with Crippen molar-refractivity contribution in [3.8, 4) is 0 Å². The quantitative estimate of drug-likeness (QED) is 0.335. The molecule has 5 rings (SSSR count). The Labute approximate surface area is 238 Å². The number of benzene rings is 1. The van der Waals surface area contributed by atoms with Gasteiger partial charge in [-0.1, -0.05) is 42.0 Å². The number of carbonyl (C=O) groups excluding carboxylic acids is 2. The predicted octanol–water partition coefficient (Wildman–Crippen LogP) is 3.19. The molecule has 0 bridgehead atoms. The third-order valence-electron chi connectivity index (χ3n) is 7.75. The van der Waals surface area contributed by atoms with Crippen molar-refractivity contribution in [3.05, 3.63) is 68.4 Å². The zero-order chi connectivity index (χ0) is 29.6. The van der Waals surface area contributed by atoms with Gasteiger partial charge >= 0.3 is 11.8 Å². The van der Waals surface area contributed by atoms with Crippen molar-refractivity contribution in [3.63, 3.8) is 0 Å². The maximum atomic E-state index is 13.9. The van der Waals surface area contributed by atoms with Crippen LogP contribution >= 0.6 is 0 Å². The highest BCUT2D eigenvalue weighted by molar-refractivity contribution is 5.96. The number of fused-ring (bicyclic) bond motifs is 2. The zero-order valence-electron chi connectivity index (χ0n) is 24.6. The van der Waals surface area contributed by atoms with E-state index in [0.717, 1.165) is 16.6 Å². The lowest BCUT2D eigenvalue weighted by atomic mass is 10.1. The molecule has 2 aliphatic rings. The Morgan fingerprint density at radius 3 is 2.44 bits per heavy atom. The van der Waals surface area contributed by atoms with E-state index in [0.29, 0.717) is 37.7 Å². The normalized spacial score (nSPS) is 18.6. The van der Waals surface area contributed by atoms with Crippen molar-refractivity contribution >= 4 is 29.0 Å². The summed E-state index contributed by atoms with van der Waals surface area (Å²) in [4.78, 5) is 61.8. The largest absolute Gasteiger partial charge is 0.444 e. The topological polar surface area (TPSA) is 112 Å². The molecule has 0 radical (unpaired) electrons. The van der Waals surface area contributed by atoms with E-state index in [1.54, 1.807) is 42.3 Å². The van der Waals surface area contributed by atoms with E-state index in [1.807, 2.05) is 45.3 Å². The second-order valence-corrected chi connectivity index (χ2v) is 12.2. The van der Waals surface area contributed by atoms with Gasteiger partial charge in [-0.25, -0.2) is 9.59 Å². The number of ketones is 1. The third kappa shape index (κ3) is 5.45. The maximum Gasteiger partial charge on any atom is 0.410 e. The van der Waals surface area contributed by atoms with Crippen molar-refractivity contribution in [2.24, 2.45) is 13.0 Å². The van der Waals surface area contributed by atoms with Crippen LogP contribution in [0.1, 0.15) is 51.4 Å². The number of allylic oxidation sites excluding steroid dienone is 2. The van der Waals surface area contributed by atoms with Crippen LogP contribution in [0.5, 0.6) is 0 Å². The molecule has 1 aromatic carbocycles. The predicted molar refractivity (Wildman–Crippen MR) is 156 cm³/mol. The summed E-state index contributed by atoms with van der Waals surface area (Å²) in [5, 5.41) is 0. The molecular formula is C30H38N6O5.